The lowest BCUT2D eigenvalue weighted by atomic mass is 10.2. The Morgan fingerprint density at radius 1 is 1.14 bits per heavy atom. The Morgan fingerprint density at radius 3 is 2.66 bits per heavy atom. The number of aryl methyl sites for hydroxylation is 1. The number of anilines is 1. The van der Waals surface area contributed by atoms with Gasteiger partial charge in [0.2, 0.25) is 5.91 Å². The summed E-state index contributed by atoms with van der Waals surface area (Å²) in [5, 5.41) is 3.04. The van der Waals surface area contributed by atoms with Gasteiger partial charge >= 0.3 is 0 Å². The van der Waals surface area contributed by atoms with Gasteiger partial charge in [-0.1, -0.05) is 30.4 Å². The van der Waals surface area contributed by atoms with Crippen molar-refractivity contribution in [3.8, 4) is 0 Å². The van der Waals surface area contributed by atoms with Crippen LogP contribution in [0.15, 0.2) is 60.1 Å². The third-order valence-electron chi connectivity index (χ3n) is 5.89. The zero-order valence-corrected chi connectivity index (χ0v) is 21.4. The SMILES string of the molecule is Cc1nc(CN2CC(OCc3ccccn3)CN(C/C=C/c3ccc(N(C)C)cc3)CC2=O)cs1. The minimum absolute atomic E-state index is 0.100. The van der Waals surface area contributed by atoms with Crippen LogP contribution >= 0.6 is 11.3 Å². The lowest BCUT2D eigenvalue weighted by molar-refractivity contribution is -0.132. The highest BCUT2D eigenvalue weighted by molar-refractivity contribution is 7.09. The van der Waals surface area contributed by atoms with Gasteiger partial charge in [-0.3, -0.25) is 14.7 Å². The molecule has 0 saturated carbocycles. The maximum absolute atomic E-state index is 13.2. The first-order chi connectivity index (χ1) is 17.0. The number of nitrogens with zero attached hydrogens (tertiary/aromatic N) is 5. The fraction of sp³-hybridized carbons (Fsp3) is 0.370. The predicted molar refractivity (Wildman–Crippen MR) is 141 cm³/mol. The molecule has 3 aromatic rings. The predicted octanol–water partition coefficient (Wildman–Crippen LogP) is 3.86. The van der Waals surface area contributed by atoms with E-state index >= 15 is 0 Å². The standard InChI is InChI=1S/C27H33N5O2S/c1-21-29-24(20-35-21)15-32-17-26(34-19-23-8-4-5-13-28-23)16-31(18-27(32)33)14-6-7-22-9-11-25(12-10-22)30(2)3/h4-13,20,26H,14-19H2,1-3H3/b7-6+. The molecule has 1 aliphatic rings. The van der Waals surface area contributed by atoms with Crippen LogP contribution < -0.4 is 4.90 Å². The molecule has 1 aromatic carbocycles. The van der Waals surface area contributed by atoms with Gasteiger partial charge in [0.15, 0.2) is 0 Å². The Hall–Kier alpha value is -3.07. The summed E-state index contributed by atoms with van der Waals surface area (Å²) in [6.07, 6.45) is 5.88. The molecule has 1 saturated heterocycles. The zero-order valence-electron chi connectivity index (χ0n) is 20.6. The first kappa shape index (κ1) is 25.0. The molecular weight excluding hydrogens is 458 g/mol. The molecule has 1 aliphatic heterocycles. The number of pyridine rings is 1. The molecule has 3 heterocycles. The van der Waals surface area contributed by atoms with Crippen molar-refractivity contribution < 1.29 is 9.53 Å². The normalized spacial score (nSPS) is 17.2. The molecule has 184 valence electrons. The Kier molecular flexibility index (Phi) is 8.63. The molecule has 35 heavy (non-hydrogen) atoms. The molecule has 0 spiro atoms. The molecule has 8 heteroatoms. The Morgan fingerprint density at radius 2 is 1.97 bits per heavy atom. The van der Waals surface area contributed by atoms with Gasteiger partial charge in [0.25, 0.3) is 0 Å². The molecule has 1 fully saturated rings. The van der Waals surface area contributed by atoms with Crippen molar-refractivity contribution in [3.05, 3.63) is 82.1 Å². The van der Waals surface area contributed by atoms with Gasteiger partial charge in [0.1, 0.15) is 0 Å². The number of amides is 1. The number of rotatable bonds is 9. The minimum Gasteiger partial charge on any atom is -0.378 e. The van der Waals surface area contributed by atoms with E-state index in [-0.39, 0.29) is 12.0 Å². The number of carbonyl (C=O) groups excluding carboxylic acids is 1. The molecule has 1 unspecified atom stereocenters. The van der Waals surface area contributed by atoms with Gasteiger partial charge in [-0.15, -0.1) is 11.3 Å². The van der Waals surface area contributed by atoms with Crippen molar-refractivity contribution in [2.45, 2.75) is 26.2 Å². The first-order valence-electron chi connectivity index (χ1n) is 11.8. The second-order valence-corrected chi connectivity index (χ2v) is 10.0. The highest BCUT2D eigenvalue weighted by atomic mass is 32.1. The zero-order chi connectivity index (χ0) is 24.6. The van der Waals surface area contributed by atoms with Gasteiger partial charge in [-0.2, -0.15) is 0 Å². The Labute approximate surface area is 211 Å². The molecule has 4 rings (SSSR count). The van der Waals surface area contributed by atoms with Gasteiger partial charge in [-0.05, 0) is 36.8 Å². The summed E-state index contributed by atoms with van der Waals surface area (Å²) in [5.74, 6) is 0.100. The molecule has 0 aliphatic carbocycles. The average Bonchev–Trinajstić information content (AvgIpc) is 3.20. The van der Waals surface area contributed by atoms with Gasteiger partial charge in [0, 0.05) is 51.0 Å². The summed E-state index contributed by atoms with van der Waals surface area (Å²) in [5.41, 5.74) is 4.12. The van der Waals surface area contributed by atoms with Crippen LogP contribution in [0, 0.1) is 6.92 Å². The third-order valence-corrected chi connectivity index (χ3v) is 6.72. The fourth-order valence-electron chi connectivity index (χ4n) is 4.03. The third kappa shape index (κ3) is 7.45. The van der Waals surface area contributed by atoms with E-state index in [4.69, 9.17) is 4.74 Å². The van der Waals surface area contributed by atoms with Crippen LogP contribution in [0.25, 0.3) is 6.08 Å². The fourth-order valence-corrected chi connectivity index (χ4v) is 4.63. The molecule has 1 amide bonds. The topological polar surface area (TPSA) is 61.8 Å². The van der Waals surface area contributed by atoms with Crippen LogP contribution in [0.5, 0.6) is 0 Å². The summed E-state index contributed by atoms with van der Waals surface area (Å²) >= 11 is 1.61. The molecule has 2 aromatic heterocycles. The minimum atomic E-state index is -0.115. The largest absolute Gasteiger partial charge is 0.378 e. The molecule has 7 nitrogen and oxygen atoms in total. The second kappa shape index (κ2) is 12.1. The van der Waals surface area contributed by atoms with E-state index in [1.54, 1.807) is 17.5 Å². The molecule has 1 atom stereocenters. The summed E-state index contributed by atoms with van der Waals surface area (Å²) in [6.45, 7) is 5.16. The van der Waals surface area contributed by atoms with Gasteiger partial charge in [0.05, 0.1) is 42.2 Å². The second-order valence-electron chi connectivity index (χ2n) is 8.97. The maximum atomic E-state index is 13.2. The van der Waals surface area contributed by atoms with E-state index in [2.05, 4.69) is 56.2 Å². The van der Waals surface area contributed by atoms with E-state index in [0.717, 1.165) is 22.0 Å². The highest BCUT2D eigenvalue weighted by Gasteiger charge is 2.28. The lowest BCUT2D eigenvalue weighted by Crippen LogP contribution is -2.37. The van der Waals surface area contributed by atoms with E-state index in [1.165, 1.54) is 5.69 Å². The van der Waals surface area contributed by atoms with Crippen molar-refractivity contribution in [1.29, 1.82) is 0 Å². The average molecular weight is 492 g/mol. The number of thiazole rings is 1. The lowest BCUT2D eigenvalue weighted by Gasteiger charge is -2.24. The molecule has 0 bridgehead atoms. The van der Waals surface area contributed by atoms with Crippen LogP contribution in [0.3, 0.4) is 0 Å². The number of carbonyl (C=O) groups is 1. The Balaban J connectivity index is 1.42. The maximum Gasteiger partial charge on any atom is 0.237 e. The molecule has 0 N–H and O–H groups in total. The van der Waals surface area contributed by atoms with Crippen LogP contribution in [0.4, 0.5) is 5.69 Å². The quantitative estimate of drug-likeness (QED) is 0.453. The number of benzene rings is 1. The molecular formula is C27H33N5O2S. The van der Waals surface area contributed by atoms with Crippen LogP contribution in [0.1, 0.15) is 22.0 Å². The smallest absolute Gasteiger partial charge is 0.237 e. The highest BCUT2D eigenvalue weighted by Crippen LogP contribution is 2.17. The van der Waals surface area contributed by atoms with Crippen LogP contribution in [-0.4, -0.2) is 72.1 Å². The summed E-state index contributed by atoms with van der Waals surface area (Å²) in [6, 6.07) is 14.2. The van der Waals surface area contributed by atoms with Crippen molar-refractivity contribution in [3.63, 3.8) is 0 Å². The molecule has 0 radical (unpaired) electrons. The number of hydrogen-bond donors (Lipinski definition) is 0. The Bertz CT molecular complexity index is 1110. The van der Waals surface area contributed by atoms with E-state index in [1.807, 2.05) is 49.5 Å². The van der Waals surface area contributed by atoms with Gasteiger partial charge < -0.3 is 14.5 Å². The van der Waals surface area contributed by atoms with Crippen molar-refractivity contribution in [2.75, 3.05) is 45.2 Å². The van der Waals surface area contributed by atoms with Gasteiger partial charge in [-0.25, -0.2) is 4.98 Å². The monoisotopic (exact) mass is 491 g/mol. The number of ether oxygens (including phenoxy) is 1. The summed E-state index contributed by atoms with van der Waals surface area (Å²) < 4.78 is 6.26. The summed E-state index contributed by atoms with van der Waals surface area (Å²) in [7, 11) is 4.07. The van der Waals surface area contributed by atoms with E-state index in [0.29, 0.717) is 39.3 Å². The van der Waals surface area contributed by atoms with E-state index in [9.17, 15) is 4.79 Å². The number of hydrogen-bond acceptors (Lipinski definition) is 7. The van der Waals surface area contributed by atoms with Crippen LogP contribution in [-0.2, 0) is 22.7 Å². The number of aromatic nitrogens is 2. The summed E-state index contributed by atoms with van der Waals surface area (Å²) in [4.78, 5) is 28.2. The van der Waals surface area contributed by atoms with Crippen molar-refractivity contribution in [2.24, 2.45) is 0 Å². The van der Waals surface area contributed by atoms with E-state index < -0.39 is 0 Å². The van der Waals surface area contributed by atoms with Crippen LogP contribution in [0.2, 0.25) is 0 Å². The van der Waals surface area contributed by atoms with Crippen molar-refractivity contribution >= 4 is 29.0 Å². The van der Waals surface area contributed by atoms with Crippen molar-refractivity contribution in [1.82, 2.24) is 19.8 Å². The first-order valence-corrected chi connectivity index (χ1v) is 12.7.